The van der Waals surface area contributed by atoms with Crippen molar-refractivity contribution in [3.8, 4) is 0 Å². The molecule has 1 N–H and O–H groups in total. The van der Waals surface area contributed by atoms with E-state index in [9.17, 15) is 9.59 Å². The van der Waals surface area contributed by atoms with Crippen LogP contribution in [0.3, 0.4) is 0 Å². The van der Waals surface area contributed by atoms with Crippen LogP contribution in [0.25, 0.3) is 0 Å². The van der Waals surface area contributed by atoms with Crippen LogP contribution in [0.5, 0.6) is 0 Å². The topological polar surface area (TPSA) is 55.4 Å². The Morgan fingerprint density at radius 2 is 1.93 bits per heavy atom. The summed E-state index contributed by atoms with van der Waals surface area (Å²) in [6.07, 6.45) is 2.82. The van der Waals surface area contributed by atoms with Crippen molar-refractivity contribution < 1.29 is 14.3 Å². The molecule has 1 amide bonds. The van der Waals surface area contributed by atoms with Gasteiger partial charge in [0.15, 0.2) is 0 Å². The Balaban J connectivity index is 1.93. The average molecular weight is 464 g/mol. The molecular formula is C22H26BrNO3S. The van der Waals surface area contributed by atoms with Gasteiger partial charge in [0, 0.05) is 14.9 Å². The second-order valence-corrected chi connectivity index (χ2v) is 10.2. The van der Waals surface area contributed by atoms with Gasteiger partial charge in [-0.05, 0) is 67.3 Å². The normalized spacial score (nSPS) is 16.4. The Kier molecular flexibility index (Phi) is 6.30. The zero-order valence-electron chi connectivity index (χ0n) is 16.7. The summed E-state index contributed by atoms with van der Waals surface area (Å²) in [6, 6.07) is 7.17. The molecule has 1 aliphatic rings. The van der Waals surface area contributed by atoms with Crippen molar-refractivity contribution in [3.63, 3.8) is 0 Å². The monoisotopic (exact) mass is 463 g/mol. The third-order valence-electron chi connectivity index (χ3n) is 5.30. The first-order chi connectivity index (χ1) is 13.2. The zero-order chi connectivity index (χ0) is 20.5. The van der Waals surface area contributed by atoms with Gasteiger partial charge in [-0.3, -0.25) is 4.79 Å². The van der Waals surface area contributed by atoms with Crippen molar-refractivity contribution in [2.45, 2.75) is 47.0 Å². The SMILES string of the molecule is CCOC(=O)c1c(NC(=O)c2ccc(Br)cc2)sc2c1CCC(C(C)(C)C)C2. The van der Waals surface area contributed by atoms with Gasteiger partial charge in [0.25, 0.3) is 5.91 Å². The maximum absolute atomic E-state index is 12.7. The average Bonchev–Trinajstić information content (AvgIpc) is 2.98. The number of rotatable bonds is 4. The number of amides is 1. The Morgan fingerprint density at radius 3 is 2.54 bits per heavy atom. The van der Waals surface area contributed by atoms with E-state index in [1.165, 1.54) is 16.2 Å². The molecule has 0 spiro atoms. The fourth-order valence-corrected chi connectivity index (χ4v) is 5.18. The lowest BCUT2D eigenvalue weighted by Crippen LogP contribution is -2.26. The second kappa shape index (κ2) is 8.37. The first-order valence-corrected chi connectivity index (χ1v) is 11.2. The number of fused-ring (bicyclic) bond motifs is 1. The number of thiophene rings is 1. The van der Waals surface area contributed by atoms with Crippen molar-refractivity contribution in [1.82, 2.24) is 0 Å². The minimum absolute atomic E-state index is 0.215. The predicted octanol–water partition coefficient (Wildman–Crippen LogP) is 6.09. The van der Waals surface area contributed by atoms with Gasteiger partial charge in [0.1, 0.15) is 5.00 Å². The molecule has 0 aliphatic heterocycles. The molecule has 1 unspecified atom stereocenters. The number of benzene rings is 1. The molecule has 6 heteroatoms. The minimum Gasteiger partial charge on any atom is -0.462 e. The molecule has 1 aromatic heterocycles. The summed E-state index contributed by atoms with van der Waals surface area (Å²) in [5, 5.41) is 3.56. The van der Waals surface area contributed by atoms with Gasteiger partial charge in [0.2, 0.25) is 0 Å². The number of carbonyl (C=O) groups is 2. The van der Waals surface area contributed by atoms with E-state index in [-0.39, 0.29) is 17.3 Å². The summed E-state index contributed by atoms with van der Waals surface area (Å²) in [7, 11) is 0. The molecule has 0 radical (unpaired) electrons. The summed E-state index contributed by atoms with van der Waals surface area (Å²) in [6.45, 7) is 8.90. The van der Waals surface area contributed by atoms with Crippen LogP contribution in [0.1, 0.15) is 65.3 Å². The molecule has 1 atom stereocenters. The van der Waals surface area contributed by atoms with Crippen LogP contribution in [0.4, 0.5) is 5.00 Å². The van der Waals surface area contributed by atoms with E-state index in [1.54, 1.807) is 19.1 Å². The van der Waals surface area contributed by atoms with Gasteiger partial charge in [-0.2, -0.15) is 0 Å². The van der Waals surface area contributed by atoms with Crippen LogP contribution >= 0.6 is 27.3 Å². The van der Waals surface area contributed by atoms with Crippen molar-refractivity contribution >= 4 is 44.1 Å². The van der Waals surface area contributed by atoms with Gasteiger partial charge in [-0.15, -0.1) is 11.3 Å². The van der Waals surface area contributed by atoms with Crippen molar-refractivity contribution in [3.05, 3.63) is 50.3 Å². The maximum Gasteiger partial charge on any atom is 0.341 e. The van der Waals surface area contributed by atoms with E-state index in [0.29, 0.717) is 28.7 Å². The summed E-state index contributed by atoms with van der Waals surface area (Å²) in [5.41, 5.74) is 2.36. The number of ether oxygens (including phenoxy) is 1. The van der Waals surface area contributed by atoms with E-state index in [2.05, 4.69) is 42.0 Å². The number of halogens is 1. The highest BCUT2D eigenvalue weighted by atomic mass is 79.9. The molecule has 0 saturated heterocycles. The van der Waals surface area contributed by atoms with Crippen molar-refractivity contribution in [2.75, 3.05) is 11.9 Å². The molecular weight excluding hydrogens is 438 g/mol. The number of nitrogens with one attached hydrogen (secondary N) is 1. The van der Waals surface area contributed by atoms with Gasteiger partial charge in [-0.25, -0.2) is 4.79 Å². The fourth-order valence-electron chi connectivity index (χ4n) is 3.61. The zero-order valence-corrected chi connectivity index (χ0v) is 19.1. The lowest BCUT2D eigenvalue weighted by molar-refractivity contribution is 0.0526. The van der Waals surface area contributed by atoms with Crippen LogP contribution in [0.2, 0.25) is 0 Å². The molecule has 3 rings (SSSR count). The first-order valence-electron chi connectivity index (χ1n) is 9.59. The van der Waals surface area contributed by atoms with E-state index >= 15 is 0 Å². The van der Waals surface area contributed by atoms with Crippen LogP contribution in [-0.4, -0.2) is 18.5 Å². The standard InChI is InChI=1S/C22H26BrNO3S/c1-5-27-21(26)18-16-11-8-14(22(2,3)4)12-17(16)28-20(18)24-19(25)13-6-9-15(23)10-7-13/h6-7,9-10,14H,5,8,11-12H2,1-4H3,(H,24,25). The molecule has 2 aromatic rings. The van der Waals surface area contributed by atoms with E-state index in [4.69, 9.17) is 4.74 Å². The van der Waals surface area contributed by atoms with E-state index in [0.717, 1.165) is 29.3 Å². The number of hydrogen-bond donors (Lipinski definition) is 1. The maximum atomic E-state index is 12.7. The highest BCUT2D eigenvalue weighted by Crippen LogP contribution is 2.44. The van der Waals surface area contributed by atoms with Gasteiger partial charge in [0.05, 0.1) is 12.2 Å². The lowest BCUT2D eigenvalue weighted by atomic mass is 9.72. The summed E-state index contributed by atoms with van der Waals surface area (Å²) < 4.78 is 6.21. The number of carbonyl (C=O) groups excluding carboxylic acids is 2. The molecule has 1 aromatic carbocycles. The number of hydrogen-bond acceptors (Lipinski definition) is 4. The Labute approximate surface area is 178 Å². The Hall–Kier alpha value is -1.66. The molecule has 0 bridgehead atoms. The molecule has 0 saturated carbocycles. The molecule has 0 fully saturated rings. The van der Waals surface area contributed by atoms with Gasteiger partial charge in [-0.1, -0.05) is 36.7 Å². The predicted molar refractivity (Wildman–Crippen MR) is 117 cm³/mol. The Morgan fingerprint density at radius 1 is 1.25 bits per heavy atom. The molecule has 1 aliphatic carbocycles. The highest BCUT2D eigenvalue weighted by Gasteiger charge is 2.34. The minimum atomic E-state index is -0.347. The first kappa shape index (κ1) is 21.1. The molecule has 150 valence electrons. The second-order valence-electron chi connectivity index (χ2n) is 8.20. The third-order valence-corrected chi connectivity index (χ3v) is 7.00. The lowest BCUT2D eigenvalue weighted by Gasteiger charge is -2.33. The highest BCUT2D eigenvalue weighted by molar-refractivity contribution is 9.10. The smallest absolute Gasteiger partial charge is 0.341 e. The van der Waals surface area contributed by atoms with Crippen LogP contribution in [-0.2, 0) is 17.6 Å². The van der Waals surface area contributed by atoms with Crippen LogP contribution < -0.4 is 5.32 Å². The van der Waals surface area contributed by atoms with Gasteiger partial charge >= 0.3 is 5.97 Å². The fraction of sp³-hybridized carbons (Fsp3) is 0.455. The molecule has 28 heavy (non-hydrogen) atoms. The van der Waals surface area contributed by atoms with Crippen molar-refractivity contribution in [2.24, 2.45) is 11.3 Å². The summed E-state index contributed by atoms with van der Waals surface area (Å²) in [4.78, 5) is 26.6. The quantitative estimate of drug-likeness (QED) is 0.557. The Bertz CT molecular complexity index is 880. The largest absolute Gasteiger partial charge is 0.462 e. The summed E-state index contributed by atoms with van der Waals surface area (Å²) >= 11 is 4.90. The van der Waals surface area contributed by atoms with E-state index < -0.39 is 0 Å². The van der Waals surface area contributed by atoms with Crippen LogP contribution in [0, 0.1) is 11.3 Å². The number of anilines is 1. The molecule has 1 heterocycles. The summed E-state index contributed by atoms with van der Waals surface area (Å²) in [5.74, 6) is -0.00643. The number of esters is 1. The van der Waals surface area contributed by atoms with E-state index in [1.807, 2.05) is 12.1 Å². The van der Waals surface area contributed by atoms with Gasteiger partial charge < -0.3 is 10.1 Å². The van der Waals surface area contributed by atoms with Crippen LogP contribution in [0.15, 0.2) is 28.7 Å². The molecule has 4 nitrogen and oxygen atoms in total. The third kappa shape index (κ3) is 4.49. The van der Waals surface area contributed by atoms with Crippen molar-refractivity contribution in [1.29, 1.82) is 0 Å².